The van der Waals surface area contributed by atoms with E-state index in [1.54, 1.807) is 36.4 Å². The Kier molecular flexibility index (Phi) is 7.28. The summed E-state index contributed by atoms with van der Waals surface area (Å²) in [5.74, 6) is -1.81. The van der Waals surface area contributed by atoms with Crippen LogP contribution in [0, 0.1) is 11.7 Å². The van der Waals surface area contributed by atoms with Crippen molar-refractivity contribution in [2.24, 2.45) is 5.92 Å². The second-order valence-electron chi connectivity index (χ2n) is 8.99. The third-order valence-corrected chi connectivity index (χ3v) is 6.69. The molecule has 4 rings (SSSR count). The minimum absolute atomic E-state index is 0.0769. The molecule has 2 fully saturated rings. The summed E-state index contributed by atoms with van der Waals surface area (Å²) in [6, 6.07) is 10.7. The van der Waals surface area contributed by atoms with Crippen LogP contribution in [0.4, 0.5) is 28.9 Å². The molecule has 190 valence electrons. The molecule has 0 aromatic heterocycles. The normalized spacial score (nSPS) is 21.3. The predicted molar refractivity (Wildman–Crippen MR) is 123 cm³/mol. The number of halogens is 4. The fourth-order valence-corrected chi connectivity index (χ4v) is 4.85. The lowest BCUT2D eigenvalue weighted by atomic mass is 10.0. The number of methoxy groups -OCH3 is 1. The quantitative estimate of drug-likeness (QED) is 0.538. The summed E-state index contributed by atoms with van der Waals surface area (Å²) < 4.78 is 65.3. The third-order valence-electron chi connectivity index (χ3n) is 6.69. The molecule has 6 nitrogen and oxygen atoms in total. The Morgan fingerprint density at radius 3 is 2.34 bits per heavy atom. The number of carbonyl (C=O) groups is 1. The van der Waals surface area contributed by atoms with Crippen LogP contribution in [0.3, 0.4) is 0 Å². The van der Waals surface area contributed by atoms with Crippen LogP contribution < -0.4 is 19.3 Å². The van der Waals surface area contributed by atoms with E-state index in [0.29, 0.717) is 48.8 Å². The number of carboxylic acids is 1. The Hall–Kier alpha value is -3.17. The van der Waals surface area contributed by atoms with Crippen LogP contribution in [-0.2, 0) is 4.79 Å². The number of benzene rings is 2. The summed E-state index contributed by atoms with van der Waals surface area (Å²) >= 11 is 0. The Labute approximate surface area is 201 Å². The van der Waals surface area contributed by atoms with Gasteiger partial charge in [0.05, 0.1) is 25.1 Å². The molecule has 2 aromatic rings. The Morgan fingerprint density at radius 2 is 1.74 bits per heavy atom. The fraction of sp³-hybridized carbons (Fsp3) is 0.480. The second-order valence-corrected chi connectivity index (χ2v) is 8.99. The van der Waals surface area contributed by atoms with E-state index in [4.69, 9.17) is 14.6 Å². The summed E-state index contributed by atoms with van der Waals surface area (Å²) in [6.07, 6.45) is -3.67. The smallest absolute Gasteiger partial charge is 0.393 e. The van der Waals surface area contributed by atoms with Gasteiger partial charge in [-0.25, -0.2) is 4.39 Å². The number of rotatable bonds is 7. The minimum atomic E-state index is -4.36. The maximum atomic E-state index is 14.3. The summed E-state index contributed by atoms with van der Waals surface area (Å²) in [7, 11) is 1.53. The van der Waals surface area contributed by atoms with Gasteiger partial charge in [-0.3, -0.25) is 4.79 Å². The number of aliphatic carboxylic acids is 1. The summed E-state index contributed by atoms with van der Waals surface area (Å²) in [5.41, 5.74) is 1.03. The van der Waals surface area contributed by atoms with Crippen molar-refractivity contribution < 1.29 is 36.9 Å². The van der Waals surface area contributed by atoms with Crippen LogP contribution in [0.1, 0.15) is 25.7 Å². The molecule has 1 N–H and O–H groups in total. The van der Waals surface area contributed by atoms with Crippen molar-refractivity contribution in [2.45, 2.75) is 44.0 Å². The van der Waals surface area contributed by atoms with Crippen molar-refractivity contribution in [1.82, 2.24) is 0 Å². The zero-order chi connectivity index (χ0) is 25.2. The first-order valence-electron chi connectivity index (χ1n) is 11.5. The van der Waals surface area contributed by atoms with E-state index in [1.807, 2.05) is 4.90 Å². The zero-order valence-electron chi connectivity index (χ0n) is 19.3. The fourth-order valence-electron chi connectivity index (χ4n) is 4.85. The SMILES string of the molecule is COc1ccc(F)c(N2CCC(Oc3ccc(N4CC(C(F)(F)F)CC4CC(=O)O)cc3)CC2)c1. The Bertz CT molecular complexity index is 1020. The maximum absolute atomic E-state index is 14.3. The molecule has 2 atom stereocenters. The van der Waals surface area contributed by atoms with Gasteiger partial charge in [0.25, 0.3) is 0 Å². The van der Waals surface area contributed by atoms with E-state index >= 15 is 0 Å². The van der Waals surface area contributed by atoms with Crippen molar-refractivity contribution in [3.63, 3.8) is 0 Å². The highest BCUT2D eigenvalue weighted by molar-refractivity contribution is 5.69. The number of hydrogen-bond donors (Lipinski definition) is 1. The van der Waals surface area contributed by atoms with Crippen molar-refractivity contribution in [3.8, 4) is 11.5 Å². The highest BCUT2D eigenvalue weighted by atomic mass is 19.4. The van der Waals surface area contributed by atoms with Gasteiger partial charge in [0.1, 0.15) is 23.4 Å². The molecule has 10 heteroatoms. The molecular formula is C25H28F4N2O4. The highest BCUT2D eigenvalue weighted by Crippen LogP contribution is 2.40. The van der Waals surface area contributed by atoms with Crippen LogP contribution in [0.5, 0.6) is 11.5 Å². The van der Waals surface area contributed by atoms with Crippen LogP contribution in [0.2, 0.25) is 0 Å². The first-order valence-corrected chi connectivity index (χ1v) is 11.5. The van der Waals surface area contributed by atoms with E-state index in [2.05, 4.69) is 0 Å². The molecule has 2 heterocycles. The molecule has 2 unspecified atom stereocenters. The molecule has 2 aliphatic heterocycles. The van der Waals surface area contributed by atoms with Crippen molar-refractivity contribution in [2.75, 3.05) is 36.5 Å². The number of carboxylic acid groups (broad SMARTS) is 1. The summed E-state index contributed by atoms with van der Waals surface area (Å²) in [4.78, 5) is 14.6. The van der Waals surface area contributed by atoms with Crippen LogP contribution >= 0.6 is 0 Å². The number of alkyl halides is 3. The molecule has 2 aromatic carbocycles. The van der Waals surface area contributed by atoms with Crippen molar-refractivity contribution in [3.05, 3.63) is 48.3 Å². The van der Waals surface area contributed by atoms with Crippen LogP contribution in [0.15, 0.2) is 42.5 Å². The van der Waals surface area contributed by atoms with Gasteiger partial charge in [0.2, 0.25) is 0 Å². The summed E-state index contributed by atoms with van der Waals surface area (Å²) in [5, 5.41) is 9.13. The Morgan fingerprint density at radius 1 is 1.09 bits per heavy atom. The van der Waals surface area contributed by atoms with E-state index in [1.165, 1.54) is 18.1 Å². The first kappa shape index (κ1) is 24.9. The average Bonchev–Trinajstić information content (AvgIpc) is 3.24. The molecule has 2 aliphatic rings. The molecule has 0 bridgehead atoms. The van der Waals surface area contributed by atoms with Crippen molar-refractivity contribution in [1.29, 1.82) is 0 Å². The number of nitrogens with zero attached hydrogens (tertiary/aromatic N) is 2. The van der Waals surface area contributed by atoms with Gasteiger partial charge in [-0.2, -0.15) is 13.2 Å². The maximum Gasteiger partial charge on any atom is 0.393 e. The molecule has 35 heavy (non-hydrogen) atoms. The molecule has 0 saturated carbocycles. The third kappa shape index (κ3) is 5.91. The van der Waals surface area contributed by atoms with Gasteiger partial charge in [0.15, 0.2) is 0 Å². The van der Waals surface area contributed by atoms with Gasteiger partial charge in [-0.15, -0.1) is 0 Å². The number of hydrogen-bond acceptors (Lipinski definition) is 5. The van der Waals surface area contributed by atoms with Gasteiger partial charge in [0, 0.05) is 50.3 Å². The second kappa shape index (κ2) is 10.2. The zero-order valence-corrected chi connectivity index (χ0v) is 19.3. The molecule has 0 radical (unpaired) electrons. The lowest BCUT2D eigenvalue weighted by molar-refractivity contribution is -0.169. The number of piperidine rings is 1. The number of anilines is 2. The molecular weight excluding hydrogens is 468 g/mol. The van der Waals surface area contributed by atoms with Crippen LogP contribution in [0.25, 0.3) is 0 Å². The first-order chi connectivity index (χ1) is 16.6. The van der Waals surface area contributed by atoms with E-state index in [0.717, 1.165) is 0 Å². The highest BCUT2D eigenvalue weighted by Gasteiger charge is 2.47. The molecule has 0 aliphatic carbocycles. The number of ether oxygens (including phenoxy) is 2. The van der Waals surface area contributed by atoms with E-state index in [-0.39, 0.29) is 31.3 Å². The van der Waals surface area contributed by atoms with Crippen LogP contribution in [-0.4, -0.2) is 56.1 Å². The van der Waals surface area contributed by atoms with Gasteiger partial charge in [-0.1, -0.05) is 0 Å². The molecule has 0 spiro atoms. The van der Waals surface area contributed by atoms with Gasteiger partial charge in [-0.05, 0) is 42.8 Å². The predicted octanol–water partition coefficient (Wildman–Crippen LogP) is 5.11. The molecule has 2 saturated heterocycles. The molecule has 0 amide bonds. The standard InChI is InChI=1S/C25H28F4N2O4/c1-34-21-6-7-22(26)23(14-21)30-10-8-20(9-11-30)35-19-4-2-17(3-5-19)31-15-16(25(27,28)29)12-18(31)13-24(32)33/h2-7,14,16,18,20H,8-13,15H2,1H3,(H,32,33). The summed E-state index contributed by atoms with van der Waals surface area (Å²) in [6.45, 7) is 0.952. The van der Waals surface area contributed by atoms with Crippen molar-refractivity contribution >= 4 is 17.3 Å². The Balaban J connectivity index is 1.36. The van der Waals surface area contributed by atoms with E-state index in [9.17, 15) is 22.4 Å². The topological polar surface area (TPSA) is 62.2 Å². The largest absolute Gasteiger partial charge is 0.497 e. The lowest BCUT2D eigenvalue weighted by Gasteiger charge is -2.34. The van der Waals surface area contributed by atoms with E-state index < -0.39 is 24.1 Å². The average molecular weight is 497 g/mol. The monoisotopic (exact) mass is 496 g/mol. The van der Waals surface area contributed by atoms with Gasteiger partial charge < -0.3 is 24.4 Å². The van der Waals surface area contributed by atoms with Gasteiger partial charge >= 0.3 is 12.1 Å². The lowest BCUT2D eigenvalue weighted by Crippen LogP contribution is -2.38. The minimum Gasteiger partial charge on any atom is -0.497 e.